The van der Waals surface area contributed by atoms with E-state index in [-0.39, 0.29) is 22.7 Å². The van der Waals surface area contributed by atoms with E-state index in [0.717, 1.165) is 6.07 Å². The van der Waals surface area contributed by atoms with Crippen LogP contribution in [0.2, 0.25) is 0 Å². The summed E-state index contributed by atoms with van der Waals surface area (Å²) in [5.74, 6) is -0.470. The molecule has 0 aliphatic rings. The molecular weight excluding hydrogens is 468 g/mol. The maximum Gasteiger partial charge on any atom is 0.524 e. The molecule has 0 amide bonds. The molecule has 0 aliphatic heterocycles. The van der Waals surface area contributed by atoms with Gasteiger partial charge in [-0.1, -0.05) is 30.3 Å². The van der Waals surface area contributed by atoms with E-state index in [1.54, 1.807) is 42.5 Å². The number of hydrogen-bond donors (Lipinski definition) is 4. The Kier molecular flexibility index (Phi) is 6.04. The highest BCUT2D eigenvalue weighted by Gasteiger charge is 2.27. The first-order valence-electron chi connectivity index (χ1n) is 8.77. The molecule has 1 atom stereocenters. The summed E-state index contributed by atoms with van der Waals surface area (Å²) in [5, 5.41) is 0.792. The Morgan fingerprint density at radius 1 is 0.906 bits per heavy atom. The standard InChI is InChI=1S/C18H15NO11P2/c20-31(21,22)29-16-9-17(19-14-7-3-1-6-12(14)16)27-18(28-30-32(23,24)25)13-10-26-15-8-4-2-5-11(13)15/h1-10,18H,(H2,20,21,22)(H2,23,24,25). The van der Waals surface area contributed by atoms with Crippen molar-refractivity contribution < 1.29 is 51.9 Å². The summed E-state index contributed by atoms with van der Waals surface area (Å²) in [5.41, 5.74) is 0.912. The van der Waals surface area contributed by atoms with Gasteiger partial charge < -0.3 is 23.5 Å². The minimum Gasteiger partial charge on any atom is -0.464 e. The number of nitrogens with zero attached hydrogens (tertiary/aromatic N) is 1. The molecule has 12 nitrogen and oxygen atoms in total. The van der Waals surface area contributed by atoms with Crippen molar-refractivity contribution in [1.29, 1.82) is 0 Å². The van der Waals surface area contributed by atoms with E-state index in [2.05, 4.69) is 9.66 Å². The lowest BCUT2D eigenvalue weighted by molar-refractivity contribution is -0.311. The predicted octanol–water partition coefficient (Wildman–Crippen LogP) is 3.57. The van der Waals surface area contributed by atoms with Crippen molar-refractivity contribution in [3.8, 4) is 11.6 Å². The van der Waals surface area contributed by atoms with Crippen LogP contribution in [0, 0.1) is 0 Å². The molecule has 2 aromatic carbocycles. The third kappa shape index (κ3) is 5.33. The lowest BCUT2D eigenvalue weighted by Gasteiger charge is -2.18. The second-order valence-corrected chi connectivity index (χ2v) is 8.65. The molecule has 0 bridgehead atoms. The Balaban J connectivity index is 1.76. The molecule has 4 rings (SSSR count). The van der Waals surface area contributed by atoms with Crippen molar-refractivity contribution >= 4 is 37.5 Å². The number of para-hydroxylation sites is 2. The Morgan fingerprint density at radius 3 is 2.31 bits per heavy atom. The van der Waals surface area contributed by atoms with Crippen molar-refractivity contribution in [3.05, 3.63) is 66.4 Å². The average Bonchev–Trinajstić information content (AvgIpc) is 3.13. The van der Waals surface area contributed by atoms with Crippen LogP contribution in [-0.4, -0.2) is 24.6 Å². The Labute approximate surface area is 179 Å². The molecule has 0 spiro atoms. The second-order valence-electron chi connectivity index (χ2n) is 6.36. The van der Waals surface area contributed by atoms with Gasteiger partial charge in [-0.15, -0.1) is 4.67 Å². The van der Waals surface area contributed by atoms with Gasteiger partial charge in [0, 0.05) is 16.8 Å². The molecule has 4 N–H and O–H groups in total. The normalized spacial score (nSPS) is 13.4. The minimum atomic E-state index is -5.04. The molecule has 0 saturated heterocycles. The predicted molar refractivity (Wildman–Crippen MR) is 108 cm³/mol. The third-order valence-electron chi connectivity index (χ3n) is 4.09. The van der Waals surface area contributed by atoms with E-state index in [1.165, 1.54) is 12.3 Å². The zero-order valence-corrected chi connectivity index (χ0v) is 17.6. The fourth-order valence-electron chi connectivity index (χ4n) is 2.91. The monoisotopic (exact) mass is 483 g/mol. The van der Waals surface area contributed by atoms with Gasteiger partial charge in [-0.2, -0.15) is 4.89 Å². The summed E-state index contributed by atoms with van der Waals surface area (Å²) in [4.78, 5) is 45.6. The highest BCUT2D eigenvalue weighted by molar-refractivity contribution is 7.46. The van der Waals surface area contributed by atoms with Crippen molar-refractivity contribution in [2.24, 2.45) is 0 Å². The first-order chi connectivity index (χ1) is 15.1. The fraction of sp³-hybridized carbons (Fsp3) is 0.0556. The first kappa shape index (κ1) is 22.4. The Hall–Kier alpha value is -2.79. The van der Waals surface area contributed by atoms with Crippen LogP contribution in [-0.2, 0) is 18.7 Å². The number of aromatic nitrogens is 1. The highest BCUT2D eigenvalue weighted by Crippen LogP contribution is 2.43. The van der Waals surface area contributed by atoms with Crippen molar-refractivity contribution in [1.82, 2.24) is 4.98 Å². The molecule has 0 saturated carbocycles. The smallest absolute Gasteiger partial charge is 0.464 e. The fourth-order valence-corrected chi connectivity index (χ4v) is 3.50. The minimum absolute atomic E-state index is 0.210. The summed E-state index contributed by atoms with van der Waals surface area (Å²) in [7, 11) is -9.96. The molecule has 0 radical (unpaired) electrons. The van der Waals surface area contributed by atoms with Gasteiger partial charge in [-0.3, -0.25) is 9.79 Å². The number of benzene rings is 2. The maximum absolute atomic E-state index is 11.4. The van der Waals surface area contributed by atoms with E-state index < -0.39 is 21.9 Å². The number of pyridine rings is 1. The number of furan rings is 1. The van der Waals surface area contributed by atoms with E-state index >= 15 is 0 Å². The van der Waals surface area contributed by atoms with Crippen LogP contribution in [0.25, 0.3) is 21.9 Å². The molecule has 2 aromatic heterocycles. The topological polar surface area (TPSA) is 178 Å². The van der Waals surface area contributed by atoms with Gasteiger partial charge in [0.15, 0.2) is 0 Å². The molecule has 4 aromatic rings. The van der Waals surface area contributed by atoms with Gasteiger partial charge in [-0.05, 0) is 18.2 Å². The molecule has 168 valence electrons. The Morgan fingerprint density at radius 2 is 1.59 bits per heavy atom. The lowest BCUT2D eigenvalue weighted by Crippen LogP contribution is -2.12. The summed E-state index contributed by atoms with van der Waals surface area (Å²) in [6, 6.07) is 14.1. The van der Waals surface area contributed by atoms with Crippen LogP contribution < -0.4 is 9.26 Å². The quantitative estimate of drug-likeness (QED) is 0.124. The van der Waals surface area contributed by atoms with Crippen molar-refractivity contribution in [2.45, 2.75) is 6.29 Å². The number of phosphoric ester groups is 1. The van der Waals surface area contributed by atoms with Gasteiger partial charge in [0.25, 0.3) is 6.29 Å². The molecule has 0 fully saturated rings. The average molecular weight is 483 g/mol. The third-order valence-corrected chi connectivity index (χ3v) is 4.81. The van der Waals surface area contributed by atoms with Crippen LogP contribution in [0.5, 0.6) is 11.6 Å². The number of ether oxygens (including phenoxy) is 1. The van der Waals surface area contributed by atoms with E-state index in [0.29, 0.717) is 16.4 Å². The summed E-state index contributed by atoms with van der Waals surface area (Å²) in [6.07, 6.45) is -0.338. The van der Waals surface area contributed by atoms with Gasteiger partial charge in [0.2, 0.25) is 5.88 Å². The van der Waals surface area contributed by atoms with Gasteiger partial charge >= 0.3 is 15.6 Å². The van der Waals surface area contributed by atoms with Crippen LogP contribution in [0.4, 0.5) is 0 Å². The largest absolute Gasteiger partial charge is 0.524 e. The van der Waals surface area contributed by atoms with Crippen LogP contribution in [0.1, 0.15) is 11.9 Å². The van der Waals surface area contributed by atoms with Gasteiger partial charge in [0.05, 0.1) is 11.1 Å². The SMILES string of the molecule is O=P(O)(O)OOC(Oc1cc(OP(=O)(O)O)c2ccccc2n1)c1coc2ccccc12. The molecule has 0 aliphatic carbocycles. The second kappa shape index (κ2) is 8.62. The summed E-state index contributed by atoms with van der Waals surface area (Å²) in [6.45, 7) is 0. The Bertz CT molecular complexity index is 1360. The summed E-state index contributed by atoms with van der Waals surface area (Å²) >= 11 is 0. The lowest BCUT2D eigenvalue weighted by atomic mass is 10.2. The van der Waals surface area contributed by atoms with Crippen LogP contribution in [0.15, 0.2) is 65.3 Å². The van der Waals surface area contributed by atoms with Crippen LogP contribution in [0.3, 0.4) is 0 Å². The van der Waals surface area contributed by atoms with E-state index in [9.17, 15) is 18.9 Å². The van der Waals surface area contributed by atoms with E-state index in [4.69, 9.17) is 28.4 Å². The number of hydrogen-bond acceptors (Lipinski definition) is 8. The summed E-state index contributed by atoms with van der Waals surface area (Å²) < 4.78 is 42.5. The number of phosphoric acid groups is 2. The van der Waals surface area contributed by atoms with Crippen molar-refractivity contribution in [3.63, 3.8) is 0 Å². The maximum atomic E-state index is 11.4. The van der Waals surface area contributed by atoms with Crippen LogP contribution >= 0.6 is 15.6 Å². The number of fused-ring (bicyclic) bond motifs is 2. The van der Waals surface area contributed by atoms with Gasteiger partial charge in [0.1, 0.15) is 17.6 Å². The molecule has 32 heavy (non-hydrogen) atoms. The zero-order valence-electron chi connectivity index (χ0n) is 15.8. The highest BCUT2D eigenvalue weighted by atomic mass is 31.2. The van der Waals surface area contributed by atoms with Crippen molar-refractivity contribution in [2.75, 3.05) is 0 Å². The van der Waals surface area contributed by atoms with Gasteiger partial charge in [-0.25, -0.2) is 14.1 Å². The first-order valence-corrected chi connectivity index (χ1v) is 11.8. The molecule has 1 unspecified atom stereocenters. The molecule has 2 heterocycles. The van der Waals surface area contributed by atoms with E-state index in [1.807, 2.05) is 0 Å². The molecule has 14 heteroatoms. The zero-order chi connectivity index (χ0) is 22.9. The number of rotatable bonds is 8. The molecular formula is C18H15NO11P2.